The summed E-state index contributed by atoms with van der Waals surface area (Å²) in [5.74, 6) is -9.56. The first-order valence-electron chi connectivity index (χ1n) is 17.4. The third-order valence-electron chi connectivity index (χ3n) is 8.58. The van der Waals surface area contributed by atoms with Crippen LogP contribution in [0.25, 0.3) is 33.4 Å². The molecule has 0 aliphatic heterocycles. The summed E-state index contributed by atoms with van der Waals surface area (Å²) < 4.78 is 106. The van der Waals surface area contributed by atoms with E-state index in [4.69, 9.17) is 16.7 Å². The lowest BCUT2D eigenvalue weighted by molar-refractivity contribution is 0.0693. The second-order valence-electron chi connectivity index (χ2n) is 12.7. The monoisotopic (exact) mass is 879 g/mol. The number of carboxylic acids is 1. The Hall–Kier alpha value is -7.72. The molecule has 7 aromatic carbocycles. The zero-order valence-corrected chi connectivity index (χ0v) is 31.8. The molecule has 1 amide bonds. The molecule has 0 spiro atoms. The lowest BCUT2D eigenvalue weighted by atomic mass is 10.0. The molecule has 5 N–H and O–H groups in total. The van der Waals surface area contributed by atoms with Gasteiger partial charge >= 0.3 is 5.97 Å². The standard InChI is InChI=1S/C19H11F4NO2.C13H7ClF2O2.C13H8F2O3/c20-11-2-4-13(16(23)8-11)10-1-6-18(25)14(7-10)19(26)24-17-9-12(21)3-5-15(17)22;14-13(18)10-5-7(1-4-12(10)17)9-3-2-8(15)6-11(9)16;14-8-2-3-9(11(15)6-8)7-1-4-12(16)10(5-7)13(17)18/h1-9,25H,(H,24,26);1-6,17H;1-6,16H,(H,17,18). The summed E-state index contributed by atoms with van der Waals surface area (Å²) in [4.78, 5) is 34.2. The minimum Gasteiger partial charge on any atom is -0.507 e. The molecular weight excluding hydrogens is 854 g/mol. The van der Waals surface area contributed by atoms with Crippen molar-refractivity contribution in [3.05, 3.63) is 191 Å². The van der Waals surface area contributed by atoms with Crippen LogP contribution in [0.1, 0.15) is 31.1 Å². The highest BCUT2D eigenvalue weighted by molar-refractivity contribution is 6.68. The Labute approximate surface area is 350 Å². The zero-order valence-electron chi connectivity index (χ0n) is 31.0. The van der Waals surface area contributed by atoms with Crippen LogP contribution in [0.4, 0.5) is 40.8 Å². The van der Waals surface area contributed by atoms with Crippen molar-refractivity contribution in [3.63, 3.8) is 0 Å². The molecule has 0 aromatic heterocycles. The molecule has 0 heterocycles. The topological polar surface area (TPSA) is 144 Å². The molecule has 7 rings (SSSR count). The number of nitrogens with one attached hydrogen (secondary N) is 1. The van der Waals surface area contributed by atoms with Gasteiger partial charge in [-0.25, -0.2) is 39.9 Å². The highest BCUT2D eigenvalue weighted by atomic mass is 35.5. The molecule has 0 fully saturated rings. The molecule has 7 aromatic rings. The SMILES string of the molecule is O=C(Cl)c1cc(-c2ccc(F)cc2F)ccc1O.O=C(Nc1cc(F)ccc1F)c1cc(-c2ccc(F)cc2F)ccc1O.O=C(O)c1cc(-c2ccc(F)cc2F)ccc1O. The number of aromatic carboxylic acids is 1. The zero-order chi connectivity index (χ0) is 45.4. The van der Waals surface area contributed by atoms with Crippen molar-refractivity contribution < 1.29 is 69.9 Å². The first kappa shape index (κ1) is 45.4. The first-order valence-corrected chi connectivity index (χ1v) is 17.8. The number of phenols is 3. The van der Waals surface area contributed by atoms with E-state index in [0.717, 1.165) is 66.7 Å². The number of carbonyl (C=O) groups excluding carboxylic acids is 2. The van der Waals surface area contributed by atoms with E-state index >= 15 is 0 Å². The van der Waals surface area contributed by atoms with Crippen LogP contribution in [-0.2, 0) is 0 Å². The van der Waals surface area contributed by atoms with Crippen molar-refractivity contribution in [2.45, 2.75) is 0 Å². The summed E-state index contributed by atoms with van der Waals surface area (Å²) >= 11 is 5.28. The number of hydrogen-bond acceptors (Lipinski definition) is 6. The number of carbonyl (C=O) groups is 3. The van der Waals surface area contributed by atoms with Gasteiger partial charge < -0.3 is 25.7 Å². The predicted octanol–water partition coefficient (Wildman–Crippen LogP) is 11.6. The summed E-state index contributed by atoms with van der Waals surface area (Å²) in [5, 5.41) is 38.8. The number of anilines is 1. The van der Waals surface area contributed by atoms with Crippen LogP contribution in [0.3, 0.4) is 0 Å². The summed E-state index contributed by atoms with van der Waals surface area (Å²) in [6, 6.07) is 22.7. The van der Waals surface area contributed by atoms with E-state index in [1.165, 1.54) is 48.5 Å². The van der Waals surface area contributed by atoms with Crippen molar-refractivity contribution >= 4 is 34.4 Å². The number of benzene rings is 7. The van der Waals surface area contributed by atoms with Gasteiger partial charge in [0.1, 0.15) is 69.3 Å². The number of halogens is 9. The van der Waals surface area contributed by atoms with Gasteiger partial charge in [-0.05, 0) is 113 Å². The average Bonchev–Trinajstić information content (AvgIpc) is 3.20. The van der Waals surface area contributed by atoms with Crippen LogP contribution >= 0.6 is 11.6 Å². The fourth-order valence-electron chi connectivity index (χ4n) is 5.58. The molecule has 62 heavy (non-hydrogen) atoms. The third kappa shape index (κ3) is 11.1. The Bertz CT molecular complexity index is 2750. The van der Waals surface area contributed by atoms with Crippen molar-refractivity contribution in [2.24, 2.45) is 0 Å². The van der Waals surface area contributed by atoms with E-state index in [2.05, 4.69) is 5.32 Å². The highest BCUT2D eigenvalue weighted by Gasteiger charge is 2.18. The van der Waals surface area contributed by atoms with Gasteiger partial charge in [0.25, 0.3) is 11.1 Å². The molecule has 0 aliphatic carbocycles. The van der Waals surface area contributed by atoms with Gasteiger partial charge in [-0.3, -0.25) is 9.59 Å². The highest BCUT2D eigenvalue weighted by Crippen LogP contribution is 2.32. The van der Waals surface area contributed by atoms with Crippen LogP contribution in [-0.4, -0.2) is 37.5 Å². The van der Waals surface area contributed by atoms with Crippen LogP contribution in [0.2, 0.25) is 0 Å². The van der Waals surface area contributed by atoms with Crippen molar-refractivity contribution in [1.29, 1.82) is 0 Å². The fourth-order valence-corrected chi connectivity index (χ4v) is 5.73. The van der Waals surface area contributed by atoms with Crippen molar-refractivity contribution in [3.8, 4) is 50.6 Å². The largest absolute Gasteiger partial charge is 0.507 e. The maximum Gasteiger partial charge on any atom is 0.339 e. The molecule has 0 radical (unpaired) electrons. The smallest absolute Gasteiger partial charge is 0.339 e. The van der Waals surface area contributed by atoms with Gasteiger partial charge in [-0.15, -0.1) is 0 Å². The molecule has 0 aliphatic rings. The summed E-state index contributed by atoms with van der Waals surface area (Å²) in [7, 11) is 0. The van der Waals surface area contributed by atoms with Gasteiger partial charge in [-0.1, -0.05) is 18.2 Å². The first-order chi connectivity index (χ1) is 29.3. The van der Waals surface area contributed by atoms with E-state index in [9.17, 15) is 64.8 Å². The molecule has 0 bridgehead atoms. The van der Waals surface area contributed by atoms with Crippen molar-refractivity contribution in [1.82, 2.24) is 0 Å². The van der Waals surface area contributed by atoms with E-state index in [0.29, 0.717) is 17.7 Å². The Morgan fingerprint density at radius 3 is 1.18 bits per heavy atom. The van der Waals surface area contributed by atoms with Crippen molar-refractivity contribution in [2.75, 3.05) is 5.32 Å². The minimum atomic E-state index is -1.32. The number of aromatic hydroxyl groups is 3. The van der Waals surface area contributed by atoms with Crippen LogP contribution in [0.5, 0.6) is 17.2 Å². The summed E-state index contributed by atoms with van der Waals surface area (Å²) in [5.41, 5.74) is -0.175. The summed E-state index contributed by atoms with van der Waals surface area (Å²) in [6.07, 6.45) is 0. The van der Waals surface area contributed by atoms with Crippen LogP contribution < -0.4 is 5.32 Å². The number of rotatable bonds is 7. The predicted molar refractivity (Wildman–Crippen MR) is 212 cm³/mol. The Morgan fingerprint density at radius 1 is 0.419 bits per heavy atom. The normalized spacial score (nSPS) is 10.5. The van der Waals surface area contributed by atoms with Gasteiger partial charge in [0.2, 0.25) is 0 Å². The minimum absolute atomic E-state index is 0.0115. The lowest BCUT2D eigenvalue weighted by Crippen LogP contribution is -2.13. The molecule has 17 heteroatoms. The van der Waals surface area contributed by atoms with Gasteiger partial charge in [0.15, 0.2) is 0 Å². The third-order valence-corrected chi connectivity index (χ3v) is 8.78. The number of carboxylic acid groups (broad SMARTS) is 1. The van der Waals surface area contributed by atoms with E-state index in [1.807, 2.05) is 0 Å². The number of phenolic OH excluding ortho intramolecular Hbond substituents is 2. The van der Waals surface area contributed by atoms with Gasteiger partial charge in [0, 0.05) is 41.0 Å². The van der Waals surface area contributed by atoms with Gasteiger partial charge in [0.05, 0.1) is 16.8 Å². The molecule has 0 unspecified atom stereocenters. The fraction of sp³-hybridized carbons (Fsp3) is 0. The van der Waals surface area contributed by atoms with E-state index in [1.54, 1.807) is 0 Å². The van der Waals surface area contributed by atoms with E-state index in [-0.39, 0.29) is 50.3 Å². The second kappa shape index (κ2) is 19.6. The molecule has 0 atom stereocenters. The van der Waals surface area contributed by atoms with Crippen LogP contribution in [0.15, 0.2) is 127 Å². The van der Waals surface area contributed by atoms with Crippen LogP contribution in [0, 0.1) is 46.5 Å². The second-order valence-corrected chi connectivity index (χ2v) is 13.1. The average molecular weight is 880 g/mol. The quantitative estimate of drug-likeness (QED) is 0.0792. The Balaban J connectivity index is 0.000000181. The van der Waals surface area contributed by atoms with E-state index < -0.39 is 80.8 Å². The van der Waals surface area contributed by atoms with Gasteiger partial charge in [-0.2, -0.15) is 0 Å². The Morgan fingerprint density at radius 2 is 0.774 bits per heavy atom. The lowest BCUT2D eigenvalue weighted by Gasteiger charge is -2.10. The molecular formula is C45H26ClF8NO7. The Kier molecular flexibility index (Phi) is 14.3. The molecule has 316 valence electrons. The maximum absolute atomic E-state index is 13.9. The number of amides is 1. The molecule has 0 saturated carbocycles. The summed E-state index contributed by atoms with van der Waals surface area (Å²) in [6.45, 7) is 0. The molecule has 0 saturated heterocycles. The molecule has 8 nitrogen and oxygen atoms in total. The maximum atomic E-state index is 13.9. The number of hydrogen-bond donors (Lipinski definition) is 5.